The van der Waals surface area contributed by atoms with Gasteiger partial charge in [-0.3, -0.25) is 0 Å². The van der Waals surface area contributed by atoms with Crippen molar-refractivity contribution in [2.24, 2.45) is 0 Å². The Morgan fingerprint density at radius 3 is 3.10 bits per heavy atom. The van der Waals surface area contributed by atoms with Gasteiger partial charge in [-0.1, -0.05) is 0 Å². The van der Waals surface area contributed by atoms with Crippen LogP contribution in [0.5, 0.6) is 0 Å². The summed E-state index contributed by atoms with van der Waals surface area (Å²) in [7, 11) is 0. The summed E-state index contributed by atoms with van der Waals surface area (Å²) in [6.45, 7) is 0.298. The zero-order chi connectivity index (χ0) is 7.23. The van der Waals surface area contributed by atoms with Crippen molar-refractivity contribution in [3.63, 3.8) is 0 Å². The first-order chi connectivity index (χ1) is 4.93. The molecule has 1 rings (SSSR count). The molecule has 60 valence electrons. The van der Waals surface area contributed by atoms with Crippen molar-refractivity contribution in [2.75, 3.05) is 24.7 Å². The Morgan fingerprint density at radius 1 is 1.60 bits per heavy atom. The fourth-order valence-corrected chi connectivity index (χ4v) is 2.27. The zero-order valence-electron chi connectivity index (χ0n) is 6.11. The van der Waals surface area contributed by atoms with Gasteiger partial charge in [0.1, 0.15) is 6.67 Å². The molecule has 1 aliphatic heterocycles. The quantitative estimate of drug-likeness (QED) is 0.675. The van der Waals surface area contributed by atoms with Gasteiger partial charge in [-0.15, -0.1) is 0 Å². The highest BCUT2D eigenvalue weighted by atomic mass is 32.2. The minimum atomic E-state index is -0.235. The van der Waals surface area contributed by atoms with E-state index in [1.54, 1.807) is 0 Å². The molecule has 1 fully saturated rings. The molecule has 1 atom stereocenters. The van der Waals surface area contributed by atoms with E-state index >= 15 is 0 Å². The Hall–Kier alpha value is 0.240. The molecule has 1 unspecified atom stereocenters. The van der Waals surface area contributed by atoms with Gasteiger partial charge >= 0.3 is 0 Å². The van der Waals surface area contributed by atoms with Crippen LogP contribution in [0.1, 0.15) is 12.8 Å². The molecule has 1 nitrogen and oxygen atoms in total. The number of rotatable bonds is 3. The summed E-state index contributed by atoms with van der Waals surface area (Å²) in [6, 6.07) is 0.578. The van der Waals surface area contributed by atoms with E-state index in [2.05, 4.69) is 5.32 Å². The average molecular weight is 163 g/mol. The maximum atomic E-state index is 11.7. The summed E-state index contributed by atoms with van der Waals surface area (Å²) < 4.78 is 11.7. The molecule has 0 bridgehead atoms. The standard InChI is InChI=1S/C7H14FNS/c8-3-4-9-7-2-1-5-10-6-7/h7,9H,1-6H2. The highest BCUT2D eigenvalue weighted by molar-refractivity contribution is 7.99. The van der Waals surface area contributed by atoms with Crippen LogP contribution < -0.4 is 5.32 Å². The SMILES string of the molecule is FCCNC1CCCSC1. The van der Waals surface area contributed by atoms with Crippen LogP contribution in [0.3, 0.4) is 0 Å². The molecule has 1 saturated heterocycles. The first-order valence-corrected chi connectivity index (χ1v) is 4.96. The van der Waals surface area contributed by atoms with Crippen molar-refractivity contribution < 1.29 is 4.39 Å². The second-order valence-corrected chi connectivity index (χ2v) is 3.71. The predicted molar refractivity (Wildman–Crippen MR) is 44.3 cm³/mol. The highest BCUT2D eigenvalue weighted by Gasteiger charge is 2.11. The molecule has 0 radical (unpaired) electrons. The lowest BCUT2D eigenvalue weighted by molar-refractivity contribution is 0.428. The average Bonchev–Trinajstić information content (AvgIpc) is 2.03. The molecule has 1 heterocycles. The van der Waals surface area contributed by atoms with Crippen LogP contribution in [-0.2, 0) is 0 Å². The van der Waals surface area contributed by atoms with Crippen molar-refractivity contribution in [3.8, 4) is 0 Å². The van der Waals surface area contributed by atoms with Gasteiger partial charge in [0.15, 0.2) is 0 Å². The first-order valence-electron chi connectivity index (χ1n) is 3.80. The smallest absolute Gasteiger partial charge is 0.102 e. The summed E-state index contributed by atoms with van der Waals surface area (Å²) in [5.41, 5.74) is 0. The number of alkyl halides is 1. The van der Waals surface area contributed by atoms with Gasteiger partial charge in [0.05, 0.1) is 0 Å². The minimum Gasteiger partial charge on any atom is -0.311 e. The number of hydrogen-bond donors (Lipinski definition) is 1. The van der Waals surface area contributed by atoms with Gasteiger partial charge in [0.2, 0.25) is 0 Å². The monoisotopic (exact) mass is 163 g/mol. The lowest BCUT2D eigenvalue weighted by atomic mass is 10.2. The Kier molecular flexibility index (Phi) is 4.14. The van der Waals surface area contributed by atoms with Crippen LogP contribution in [0.25, 0.3) is 0 Å². The Morgan fingerprint density at radius 2 is 2.50 bits per heavy atom. The lowest BCUT2D eigenvalue weighted by Crippen LogP contribution is -2.34. The lowest BCUT2D eigenvalue weighted by Gasteiger charge is -2.21. The molecule has 1 aliphatic rings. The van der Waals surface area contributed by atoms with E-state index in [1.165, 1.54) is 24.3 Å². The molecule has 0 amide bonds. The predicted octanol–water partition coefficient (Wildman–Crippen LogP) is 1.44. The van der Waals surface area contributed by atoms with Gasteiger partial charge in [-0.05, 0) is 18.6 Å². The Balaban J connectivity index is 2.02. The third-order valence-corrected chi connectivity index (χ3v) is 2.90. The van der Waals surface area contributed by atoms with E-state index in [1.807, 2.05) is 11.8 Å². The fourth-order valence-electron chi connectivity index (χ4n) is 1.16. The van der Waals surface area contributed by atoms with E-state index < -0.39 is 0 Å². The van der Waals surface area contributed by atoms with Crippen LogP contribution in [0.15, 0.2) is 0 Å². The topological polar surface area (TPSA) is 12.0 Å². The van der Waals surface area contributed by atoms with Crippen LogP contribution in [0.2, 0.25) is 0 Å². The first kappa shape index (κ1) is 8.34. The number of nitrogens with one attached hydrogen (secondary N) is 1. The number of thioether (sulfide) groups is 1. The normalized spacial score (nSPS) is 26.7. The molecular weight excluding hydrogens is 149 g/mol. The summed E-state index contributed by atoms with van der Waals surface area (Å²) in [4.78, 5) is 0. The number of halogens is 1. The van der Waals surface area contributed by atoms with Gasteiger partial charge in [0, 0.05) is 18.3 Å². The number of hydrogen-bond acceptors (Lipinski definition) is 2. The maximum absolute atomic E-state index is 11.7. The van der Waals surface area contributed by atoms with Gasteiger partial charge < -0.3 is 5.32 Å². The van der Waals surface area contributed by atoms with Crippen LogP contribution in [0.4, 0.5) is 4.39 Å². The Bertz CT molecular complexity index is 83.7. The van der Waals surface area contributed by atoms with E-state index in [9.17, 15) is 4.39 Å². The minimum absolute atomic E-state index is 0.235. The van der Waals surface area contributed by atoms with E-state index in [4.69, 9.17) is 0 Å². The molecule has 0 aromatic rings. The molecule has 3 heteroatoms. The third kappa shape index (κ3) is 2.88. The second-order valence-electron chi connectivity index (χ2n) is 2.56. The molecule has 0 aromatic heterocycles. The third-order valence-electron chi connectivity index (χ3n) is 1.69. The molecule has 0 saturated carbocycles. The van der Waals surface area contributed by atoms with E-state index in [0.717, 1.165) is 0 Å². The zero-order valence-corrected chi connectivity index (χ0v) is 6.92. The molecule has 10 heavy (non-hydrogen) atoms. The molecular formula is C7H14FNS. The molecule has 0 aromatic carbocycles. The summed E-state index contributed by atoms with van der Waals surface area (Å²) >= 11 is 1.97. The molecule has 0 aliphatic carbocycles. The summed E-state index contributed by atoms with van der Waals surface area (Å²) in [5, 5.41) is 3.18. The van der Waals surface area contributed by atoms with Crippen LogP contribution in [-0.4, -0.2) is 30.8 Å². The van der Waals surface area contributed by atoms with Crippen molar-refractivity contribution >= 4 is 11.8 Å². The molecule has 0 spiro atoms. The van der Waals surface area contributed by atoms with E-state index in [-0.39, 0.29) is 6.67 Å². The van der Waals surface area contributed by atoms with Crippen molar-refractivity contribution in [2.45, 2.75) is 18.9 Å². The van der Waals surface area contributed by atoms with Gasteiger partial charge in [-0.2, -0.15) is 11.8 Å². The maximum Gasteiger partial charge on any atom is 0.102 e. The highest BCUT2D eigenvalue weighted by Crippen LogP contribution is 2.16. The Labute approximate surface area is 65.8 Å². The van der Waals surface area contributed by atoms with Crippen molar-refractivity contribution in [1.29, 1.82) is 0 Å². The van der Waals surface area contributed by atoms with Crippen LogP contribution in [0, 0.1) is 0 Å². The van der Waals surface area contributed by atoms with Crippen molar-refractivity contribution in [3.05, 3.63) is 0 Å². The summed E-state index contributed by atoms with van der Waals surface area (Å²) in [6.07, 6.45) is 2.52. The second kappa shape index (κ2) is 4.97. The molecule has 1 N–H and O–H groups in total. The fraction of sp³-hybridized carbons (Fsp3) is 1.00. The summed E-state index contributed by atoms with van der Waals surface area (Å²) in [5.74, 6) is 2.45. The largest absolute Gasteiger partial charge is 0.311 e. The van der Waals surface area contributed by atoms with Crippen LogP contribution >= 0.6 is 11.8 Å². The van der Waals surface area contributed by atoms with E-state index in [0.29, 0.717) is 12.6 Å². The van der Waals surface area contributed by atoms with Gasteiger partial charge in [-0.25, -0.2) is 4.39 Å². The van der Waals surface area contributed by atoms with Gasteiger partial charge in [0.25, 0.3) is 0 Å². The van der Waals surface area contributed by atoms with Crippen molar-refractivity contribution in [1.82, 2.24) is 5.32 Å².